The number of hydrogen-bond acceptors (Lipinski definition) is 7. The van der Waals surface area contributed by atoms with E-state index in [-0.39, 0.29) is 5.91 Å². The molecule has 0 spiro atoms. The van der Waals surface area contributed by atoms with Gasteiger partial charge in [-0.15, -0.1) is 0 Å². The summed E-state index contributed by atoms with van der Waals surface area (Å²) in [5.74, 6) is 2.27. The van der Waals surface area contributed by atoms with Crippen molar-refractivity contribution in [1.82, 2.24) is 24.6 Å². The van der Waals surface area contributed by atoms with Crippen molar-refractivity contribution in [2.24, 2.45) is 0 Å². The summed E-state index contributed by atoms with van der Waals surface area (Å²) in [6.45, 7) is 3.11. The molecule has 0 bridgehead atoms. The van der Waals surface area contributed by atoms with Crippen LogP contribution in [-0.2, 0) is 6.54 Å². The molecule has 5 rings (SSSR count). The molecule has 1 amide bonds. The summed E-state index contributed by atoms with van der Waals surface area (Å²) >= 11 is 5.94. The smallest absolute Gasteiger partial charge is 0.255 e. The molecule has 0 radical (unpaired) electrons. The van der Waals surface area contributed by atoms with Gasteiger partial charge in [0.2, 0.25) is 0 Å². The van der Waals surface area contributed by atoms with Gasteiger partial charge in [0.25, 0.3) is 5.91 Å². The molecule has 1 fully saturated rings. The Hall–Kier alpha value is -3.85. The van der Waals surface area contributed by atoms with E-state index in [4.69, 9.17) is 21.1 Å². The van der Waals surface area contributed by atoms with Crippen LogP contribution in [0.2, 0.25) is 5.02 Å². The van der Waals surface area contributed by atoms with E-state index in [2.05, 4.69) is 20.0 Å². The Morgan fingerprint density at radius 3 is 2.51 bits per heavy atom. The number of piperazine rings is 1. The average molecular weight is 493 g/mol. The number of carbonyl (C=O) groups excluding carboxylic acids is 1. The Bertz CT molecular complexity index is 1350. The first-order chi connectivity index (χ1) is 17.1. The predicted octanol–water partition coefficient (Wildman–Crippen LogP) is 3.51. The minimum Gasteiger partial charge on any atom is -0.497 e. The number of benzene rings is 1. The van der Waals surface area contributed by atoms with E-state index < -0.39 is 0 Å². The highest BCUT2D eigenvalue weighted by atomic mass is 35.5. The number of methoxy groups -OCH3 is 2. The summed E-state index contributed by atoms with van der Waals surface area (Å²) in [5, 5.41) is 5.91. The van der Waals surface area contributed by atoms with Crippen molar-refractivity contribution in [3.8, 4) is 11.5 Å². The zero-order chi connectivity index (χ0) is 24.4. The van der Waals surface area contributed by atoms with Crippen LogP contribution in [0.4, 0.5) is 5.82 Å². The third kappa shape index (κ3) is 4.72. The van der Waals surface area contributed by atoms with Crippen LogP contribution in [-0.4, -0.2) is 71.0 Å². The molecule has 180 valence electrons. The molecule has 4 aromatic rings. The van der Waals surface area contributed by atoms with Gasteiger partial charge < -0.3 is 19.3 Å². The summed E-state index contributed by atoms with van der Waals surface area (Å²) in [4.78, 5) is 26.1. The fraction of sp³-hybridized carbons (Fsp3) is 0.280. The van der Waals surface area contributed by atoms with Crippen LogP contribution >= 0.6 is 11.6 Å². The number of rotatable bonds is 6. The minimum absolute atomic E-state index is 0.0345. The van der Waals surface area contributed by atoms with E-state index >= 15 is 0 Å². The van der Waals surface area contributed by atoms with Gasteiger partial charge in [-0.1, -0.05) is 11.6 Å². The molecule has 4 heterocycles. The zero-order valence-electron chi connectivity index (χ0n) is 19.5. The predicted molar refractivity (Wildman–Crippen MR) is 134 cm³/mol. The largest absolute Gasteiger partial charge is 0.497 e. The lowest BCUT2D eigenvalue weighted by Crippen LogP contribution is -2.49. The molecule has 0 unspecified atom stereocenters. The van der Waals surface area contributed by atoms with Crippen LogP contribution in [0.25, 0.3) is 11.0 Å². The lowest BCUT2D eigenvalue weighted by Gasteiger charge is -2.35. The molecule has 9 nitrogen and oxygen atoms in total. The van der Waals surface area contributed by atoms with Crippen LogP contribution in [0.1, 0.15) is 15.9 Å². The maximum atomic E-state index is 13.2. The molecule has 1 aliphatic rings. The minimum atomic E-state index is -0.0345. The first-order valence-electron chi connectivity index (χ1n) is 11.2. The first kappa shape index (κ1) is 22.9. The number of carbonyl (C=O) groups is 1. The number of amides is 1. The molecule has 1 aromatic carbocycles. The van der Waals surface area contributed by atoms with Crippen molar-refractivity contribution < 1.29 is 14.3 Å². The van der Waals surface area contributed by atoms with Gasteiger partial charge in [-0.2, -0.15) is 5.10 Å². The second kappa shape index (κ2) is 9.79. The van der Waals surface area contributed by atoms with Gasteiger partial charge in [-0.3, -0.25) is 4.79 Å². The van der Waals surface area contributed by atoms with Crippen molar-refractivity contribution in [3.05, 3.63) is 71.1 Å². The van der Waals surface area contributed by atoms with E-state index in [9.17, 15) is 4.79 Å². The number of pyridine rings is 2. The van der Waals surface area contributed by atoms with Gasteiger partial charge in [0, 0.05) is 55.6 Å². The maximum Gasteiger partial charge on any atom is 0.255 e. The molecule has 0 N–H and O–H groups in total. The van der Waals surface area contributed by atoms with Crippen LogP contribution in [0.3, 0.4) is 0 Å². The van der Waals surface area contributed by atoms with E-state index in [1.54, 1.807) is 37.5 Å². The number of ether oxygens (including phenoxy) is 2. The van der Waals surface area contributed by atoms with Gasteiger partial charge in [0.05, 0.1) is 37.5 Å². The Kier molecular flexibility index (Phi) is 6.41. The summed E-state index contributed by atoms with van der Waals surface area (Å²) in [5.41, 5.74) is 2.21. The molecular formula is C25H25ClN6O3. The topological polar surface area (TPSA) is 85.6 Å². The monoisotopic (exact) mass is 492 g/mol. The van der Waals surface area contributed by atoms with Crippen molar-refractivity contribution in [3.63, 3.8) is 0 Å². The Balaban J connectivity index is 1.28. The van der Waals surface area contributed by atoms with Crippen LogP contribution in [0, 0.1) is 0 Å². The number of hydrogen-bond donors (Lipinski definition) is 0. The number of anilines is 1. The molecule has 0 atom stereocenters. The molecule has 1 aliphatic heterocycles. The lowest BCUT2D eigenvalue weighted by atomic mass is 10.2. The van der Waals surface area contributed by atoms with Gasteiger partial charge >= 0.3 is 0 Å². The number of halogens is 1. The Morgan fingerprint density at radius 1 is 0.971 bits per heavy atom. The molecule has 35 heavy (non-hydrogen) atoms. The van der Waals surface area contributed by atoms with Crippen LogP contribution in [0.5, 0.6) is 11.5 Å². The summed E-state index contributed by atoms with van der Waals surface area (Å²) in [6.07, 6.45) is 5.00. The highest BCUT2D eigenvalue weighted by molar-refractivity contribution is 6.30. The third-order valence-electron chi connectivity index (χ3n) is 6.14. The maximum absolute atomic E-state index is 13.2. The van der Waals surface area contributed by atoms with Crippen molar-refractivity contribution in [2.45, 2.75) is 6.54 Å². The van der Waals surface area contributed by atoms with Gasteiger partial charge in [-0.05, 0) is 30.3 Å². The second-order valence-corrected chi connectivity index (χ2v) is 8.67. The average Bonchev–Trinajstić information content (AvgIpc) is 3.31. The molecule has 10 heteroatoms. The summed E-state index contributed by atoms with van der Waals surface area (Å²) in [7, 11) is 3.25. The second-order valence-electron chi connectivity index (χ2n) is 8.23. The highest BCUT2D eigenvalue weighted by Crippen LogP contribution is 2.26. The molecule has 1 saturated heterocycles. The molecule has 0 aliphatic carbocycles. The third-order valence-corrected chi connectivity index (χ3v) is 6.36. The number of fused-ring (bicyclic) bond motifs is 1. The molecule has 0 saturated carbocycles. The van der Waals surface area contributed by atoms with Crippen LogP contribution in [0.15, 0.2) is 55.0 Å². The van der Waals surface area contributed by atoms with Gasteiger partial charge in [0.1, 0.15) is 17.3 Å². The standard InChI is InChI=1S/C25H25ClN6O3/c1-34-21-5-3-17(22(12-21)35-2)16-32-24-18(14-29-32)11-19(13-28-24)25(33)31-9-7-30(8-10-31)23-6-4-20(26)15-27-23/h3-6,11-15H,7-10,16H2,1-2H3. The molecule has 3 aromatic heterocycles. The normalized spacial score (nSPS) is 13.8. The lowest BCUT2D eigenvalue weighted by molar-refractivity contribution is 0.0746. The van der Waals surface area contributed by atoms with E-state index in [1.165, 1.54) is 0 Å². The van der Waals surface area contributed by atoms with E-state index in [0.29, 0.717) is 54.7 Å². The zero-order valence-corrected chi connectivity index (χ0v) is 20.3. The van der Waals surface area contributed by atoms with Crippen molar-refractivity contribution >= 4 is 34.4 Å². The summed E-state index contributed by atoms with van der Waals surface area (Å²) in [6, 6.07) is 11.3. The molecular weight excluding hydrogens is 468 g/mol. The highest BCUT2D eigenvalue weighted by Gasteiger charge is 2.23. The Labute approximate surface area is 207 Å². The van der Waals surface area contributed by atoms with Crippen molar-refractivity contribution in [1.29, 1.82) is 0 Å². The van der Waals surface area contributed by atoms with Gasteiger partial charge in [0.15, 0.2) is 5.65 Å². The SMILES string of the molecule is COc1ccc(Cn2ncc3cc(C(=O)N4CCN(c5ccc(Cl)cn5)CC4)cnc32)c(OC)c1. The van der Waals surface area contributed by atoms with Crippen LogP contribution < -0.4 is 14.4 Å². The number of nitrogens with zero attached hydrogens (tertiary/aromatic N) is 6. The summed E-state index contributed by atoms with van der Waals surface area (Å²) < 4.78 is 12.6. The van der Waals surface area contributed by atoms with Gasteiger partial charge in [-0.25, -0.2) is 14.6 Å². The quantitative estimate of drug-likeness (QED) is 0.407. The van der Waals surface area contributed by atoms with E-state index in [1.807, 2.05) is 41.3 Å². The number of aromatic nitrogens is 4. The Morgan fingerprint density at radius 2 is 1.80 bits per heavy atom. The first-order valence-corrected chi connectivity index (χ1v) is 11.6. The van der Waals surface area contributed by atoms with E-state index in [0.717, 1.165) is 22.5 Å². The fourth-order valence-electron chi connectivity index (χ4n) is 4.22. The van der Waals surface area contributed by atoms with Crippen molar-refractivity contribution in [2.75, 3.05) is 45.3 Å². The fourth-order valence-corrected chi connectivity index (χ4v) is 4.34.